The second kappa shape index (κ2) is 5.99. The lowest BCUT2D eigenvalue weighted by molar-refractivity contribution is 0.447. The molecule has 4 aromatic rings. The molecule has 2 heterocycles. The predicted molar refractivity (Wildman–Crippen MR) is 101 cm³/mol. The van der Waals surface area contributed by atoms with Crippen molar-refractivity contribution in [1.82, 2.24) is 24.7 Å². The summed E-state index contributed by atoms with van der Waals surface area (Å²) in [5, 5.41) is 27.4. The quantitative estimate of drug-likeness (QED) is 0.413. The molecule has 8 heteroatoms. The Morgan fingerprint density at radius 3 is 2.73 bits per heavy atom. The second-order valence-corrected chi connectivity index (χ2v) is 6.45. The third-order valence-electron chi connectivity index (χ3n) is 4.33. The minimum absolute atomic E-state index is 0.0582. The number of H-pyrrole nitrogens is 2. The van der Waals surface area contributed by atoms with E-state index < -0.39 is 0 Å². The van der Waals surface area contributed by atoms with Crippen LogP contribution in [0.3, 0.4) is 0 Å². The number of phenolic OH excluding ortho intramolecular Hbond substituents is 2. The number of fused-ring (bicyclic) bond motifs is 1. The van der Waals surface area contributed by atoms with E-state index in [9.17, 15) is 10.2 Å². The van der Waals surface area contributed by atoms with Gasteiger partial charge in [0.1, 0.15) is 17.3 Å². The number of phenols is 2. The van der Waals surface area contributed by atoms with Gasteiger partial charge in [0.2, 0.25) is 0 Å². The van der Waals surface area contributed by atoms with Gasteiger partial charge in [0.15, 0.2) is 10.6 Å². The Morgan fingerprint density at radius 2 is 1.96 bits per heavy atom. The van der Waals surface area contributed by atoms with E-state index >= 15 is 0 Å². The zero-order valence-electron chi connectivity index (χ0n) is 14.2. The number of nitrogens with one attached hydrogen (secondary N) is 2. The number of benzene rings is 2. The topological polar surface area (TPSA) is 103 Å². The van der Waals surface area contributed by atoms with Gasteiger partial charge >= 0.3 is 0 Å². The van der Waals surface area contributed by atoms with Crippen molar-refractivity contribution in [1.29, 1.82) is 0 Å². The Bertz CT molecular complexity index is 1190. The molecule has 7 nitrogen and oxygen atoms in total. The summed E-state index contributed by atoms with van der Waals surface area (Å²) in [6, 6.07) is 8.80. The summed E-state index contributed by atoms with van der Waals surface area (Å²) in [7, 11) is 0. The van der Waals surface area contributed by atoms with Crippen molar-refractivity contribution in [2.45, 2.75) is 20.3 Å². The third-order valence-corrected chi connectivity index (χ3v) is 4.61. The van der Waals surface area contributed by atoms with E-state index in [4.69, 9.17) is 12.2 Å². The molecule has 0 aliphatic heterocycles. The fourth-order valence-electron chi connectivity index (χ4n) is 3.06. The largest absolute Gasteiger partial charge is 0.508 e. The number of aromatic nitrogens is 5. The molecule has 0 saturated carbocycles. The molecule has 4 rings (SSSR count). The smallest absolute Gasteiger partial charge is 0.200 e. The van der Waals surface area contributed by atoms with Gasteiger partial charge in [-0.3, -0.25) is 9.67 Å². The van der Waals surface area contributed by atoms with Crippen LogP contribution in [-0.2, 0) is 6.42 Å². The molecule has 0 saturated heterocycles. The van der Waals surface area contributed by atoms with Crippen LogP contribution in [0, 0.1) is 11.7 Å². The highest BCUT2D eigenvalue weighted by Crippen LogP contribution is 2.35. The zero-order valence-corrected chi connectivity index (χ0v) is 15.1. The maximum atomic E-state index is 10.3. The Hall–Kier alpha value is -3.13. The highest BCUT2D eigenvalue weighted by atomic mass is 32.1. The predicted octanol–water partition coefficient (Wildman–Crippen LogP) is 3.76. The van der Waals surface area contributed by atoms with Gasteiger partial charge in [-0.15, -0.1) is 0 Å². The van der Waals surface area contributed by atoms with E-state index in [0.29, 0.717) is 22.6 Å². The first-order valence-corrected chi connectivity index (χ1v) is 8.58. The van der Waals surface area contributed by atoms with Gasteiger partial charge in [-0.1, -0.05) is 6.92 Å². The molecular formula is C18H17N5O2S. The van der Waals surface area contributed by atoms with E-state index in [-0.39, 0.29) is 11.5 Å². The second-order valence-electron chi connectivity index (χ2n) is 6.06. The summed E-state index contributed by atoms with van der Waals surface area (Å²) < 4.78 is 2.14. The Labute approximate surface area is 154 Å². The Balaban J connectivity index is 1.94. The Morgan fingerprint density at radius 1 is 1.15 bits per heavy atom. The number of aromatic amines is 2. The molecule has 0 aliphatic carbocycles. The lowest BCUT2D eigenvalue weighted by Gasteiger charge is -2.11. The summed E-state index contributed by atoms with van der Waals surface area (Å²) in [5.74, 6) is 1.29. The maximum Gasteiger partial charge on any atom is 0.200 e. The summed E-state index contributed by atoms with van der Waals surface area (Å²) in [5.41, 5.74) is 3.74. The molecule has 0 amide bonds. The molecule has 0 spiro atoms. The van der Waals surface area contributed by atoms with Crippen molar-refractivity contribution >= 4 is 23.3 Å². The van der Waals surface area contributed by atoms with E-state index in [1.54, 1.807) is 10.6 Å². The standard InChI is InChI=1S/C18H17N5O2S/c1-3-10-6-12(16(25)8-15(10)24)17-21-22-18(26)23(17)11-4-5-13-14(7-11)20-9(2)19-13/h4-8,24-25H,3H2,1-2H3,(H,19,20)(H,22,26). The molecule has 26 heavy (non-hydrogen) atoms. The number of aryl methyl sites for hydroxylation is 2. The molecular weight excluding hydrogens is 350 g/mol. The molecule has 132 valence electrons. The first-order chi connectivity index (χ1) is 12.5. The van der Waals surface area contributed by atoms with Crippen LogP contribution in [0.25, 0.3) is 28.1 Å². The SMILES string of the molecule is CCc1cc(-c2n[nH]c(=S)n2-c2ccc3[nH]c(C)nc3c2)c(O)cc1O. The molecule has 0 fully saturated rings. The normalized spacial score (nSPS) is 11.3. The van der Waals surface area contributed by atoms with Gasteiger partial charge in [0.25, 0.3) is 0 Å². The zero-order chi connectivity index (χ0) is 18.4. The average molecular weight is 367 g/mol. The van der Waals surface area contributed by atoms with Crippen molar-refractivity contribution in [3.05, 3.63) is 46.5 Å². The first kappa shape index (κ1) is 16.3. The molecule has 0 atom stereocenters. The molecule has 4 N–H and O–H groups in total. The van der Waals surface area contributed by atoms with E-state index in [0.717, 1.165) is 28.1 Å². The van der Waals surface area contributed by atoms with Crippen LogP contribution >= 0.6 is 12.2 Å². The fourth-order valence-corrected chi connectivity index (χ4v) is 3.30. The van der Waals surface area contributed by atoms with Crippen molar-refractivity contribution < 1.29 is 10.2 Å². The highest BCUT2D eigenvalue weighted by Gasteiger charge is 2.17. The van der Waals surface area contributed by atoms with Crippen LogP contribution in [0.15, 0.2) is 30.3 Å². The van der Waals surface area contributed by atoms with Gasteiger partial charge < -0.3 is 15.2 Å². The van der Waals surface area contributed by atoms with Crippen LogP contribution in [0.2, 0.25) is 0 Å². The summed E-state index contributed by atoms with van der Waals surface area (Å²) >= 11 is 5.40. The number of aromatic hydroxyl groups is 2. The first-order valence-electron chi connectivity index (χ1n) is 8.17. The number of rotatable bonds is 3. The molecule has 2 aromatic heterocycles. The van der Waals surface area contributed by atoms with Crippen molar-refractivity contribution in [2.75, 3.05) is 0 Å². The van der Waals surface area contributed by atoms with Crippen LogP contribution in [0.1, 0.15) is 18.3 Å². The number of nitrogens with zero attached hydrogens (tertiary/aromatic N) is 3. The average Bonchev–Trinajstić information content (AvgIpc) is 3.16. The van der Waals surface area contributed by atoms with E-state index in [1.165, 1.54) is 6.07 Å². The lowest BCUT2D eigenvalue weighted by Crippen LogP contribution is -1.99. The van der Waals surface area contributed by atoms with Crippen molar-refractivity contribution in [3.8, 4) is 28.6 Å². The van der Waals surface area contributed by atoms with Gasteiger partial charge in [-0.05, 0) is 55.4 Å². The number of imidazole rings is 1. The summed E-state index contributed by atoms with van der Waals surface area (Å²) in [6.45, 7) is 3.83. The lowest BCUT2D eigenvalue weighted by atomic mass is 10.1. The maximum absolute atomic E-state index is 10.3. The van der Waals surface area contributed by atoms with Crippen LogP contribution in [0.4, 0.5) is 0 Å². The molecule has 0 aliphatic rings. The summed E-state index contributed by atoms with van der Waals surface area (Å²) in [4.78, 5) is 7.64. The van der Waals surface area contributed by atoms with Gasteiger partial charge in [-0.2, -0.15) is 5.10 Å². The monoisotopic (exact) mass is 367 g/mol. The van der Waals surface area contributed by atoms with E-state index in [2.05, 4.69) is 20.2 Å². The molecule has 0 unspecified atom stereocenters. The highest BCUT2D eigenvalue weighted by molar-refractivity contribution is 7.71. The molecule has 2 aromatic carbocycles. The number of hydrogen-bond donors (Lipinski definition) is 4. The van der Waals surface area contributed by atoms with Crippen LogP contribution < -0.4 is 0 Å². The number of hydrogen-bond acceptors (Lipinski definition) is 5. The van der Waals surface area contributed by atoms with Crippen molar-refractivity contribution in [2.24, 2.45) is 0 Å². The van der Waals surface area contributed by atoms with Gasteiger partial charge in [-0.25, -0.2) is 4.98 Å². The Kier molecular flexibility index (Phi) is 3.77. The fraction of sp³-hybridized carbons (Fsp3) is 0.167. The minimum Gasteiger partial charge on any atom is -0.508 e. The third kappa shape index (κ3) is 2.55. The van der Waals surface area contributed by atoms with E-state index in [1.807, 2.05) is 32.0 Å². The summed E-state index contributed by atoms with van der Waals surface area (Å²) in [6.07, 6.45) is 0.628. The van der Waals surface area contributed by atoms with Crippen LogP contribution in [-0.4, -0.2) is 34.9 Å². The van der Waals surface area contributed by atoms with Crippen molar-refractivity contribution in [3.63, 3.8) is 0 Å². The van der Waals surface area contributed by atoms with Crippen LogP contribution in [0.5, 0.6) is 11.5 Å². The molecule has 0 bridgehead atoms. The molecule has 0 radical (unpaired) electrons. The van der Waals surface area contributed by atoms with Gasteiger partial charge in [0.05, 0.1) is 22.3 Å². The van der Waals surface area contributed by atoms with Gasteiger partial charge in [0, 0.05) is 6.07 Å². The minimum atomic E-state index is -0.0633.